The third kappa shape index (κ3) is 3.95. The SMILES string of the molecule is CCS(=O)(=O)N1CCC(C(=O)Nc2ccc(OC)nc2)CC1. The van der Waals surface area contributed by atoms with Gasteiger partial charge in [0.05, 0.1) is 24.7 Å². The summed E-state index contributed by atoms with van der Waals surface area (Å²) in [6.45, 7) is 2.43. The lowest BCUT2D eigenvalue weighted by atomic mass is 9.97. The number of carbonyl (C=O) groups is 1. The number of carbonyl (C=O) groups excluding carboxylic acids is 1. The van der Waals surface area contributed by atoms with E-state index in [9.17, 15) is 13.2 Å². The molecule has 0 atom stereocenters. The standard InChI is InChI=1S/C14H21N3O4S/c1-3-22(19,20)17-8-6-11(7-9-17)14(18)16-12-4-5-13(21-2)15-10-12/h4-5,10-11H,3,6-9H2,1-2H3,(H,16,18). The molecule has 0 aromatic carbocycles. The predicted molar refractivity (Wildman–Crippen MR) is 83.2 cm³/mol. The second-order valence-corrected chi connectivity index (χ2v) is 7.41. The minimum absolute atomic E-state index is 0.0967. The molecule has 1 aromatic heterocycles. The van der Waals surface area contributed by atoms with Gasteiger partial charge in [0.15, 0.2) is 0 Å². The van der Waals surface area contributed by atoms with Gasteiger partial charge in [-0.2, -0.15) is 0 Å². The summed E-state index contributed by atoms with van der Waals surface area (Å²) in [5.74, 6) is 0.309. The van der Waals surface area contributed by atoms with Crippen LogP contribution in [0.3, 0.4) is 0 Å². The first kappa shape index (κ1) is 16.7. The highest BCUT2D eigenvalue weighted by Gasteiger charge is 2.30. The predicted octanol–water partition coefficient (Wildman–Crippen LogP) is 1.09. The van der Waals surface area contributed by atoms with Crippen molar-refractivity contribution < 1.29 is 17.9 Å². The first-order valence-corrected chi connectivity index (χ1v) is 8.86. The Bertz CT molecular complexity index is 607. The molecule has 0 radical (unpaired) electrons. The Labute approximate surface area is 130 Å². The molecule has 0 bridgehead atoms. The van der Waals surface area contributed by atoms with E-state index < -0.39 is 10.0 Å². The molecule has 1 aliphatic heterocycles. The fourth-order valence-electron chi connectivity index (χ4n) is 2.40. The minimum atomic E-state index is -3.16. The fraction of sp³-hybridized carbons (Fsp3) is 0.571. The largest absolute Gasteiger partial charge is 0.481 e. The van der Waals surface area contributed by atoms with E-state index in [0.29, 0.717) is 37.5 Å². The third-order valence-electron chi connectivity index (χ3n) is 3.80. The molecule has 1 aromatic rings. The summed E-state index contributed by atoms with van der Waals surface area (Å²) in [5.41, 5.74) is 0.606. The summed E-state index contributed by atoms with van der Waals surface area (Å²) >= 11 is 0. The van der Waals surface area contributed by atoms with Gasteiger partial charge in [0.2, 0.25) is 21.8 Å². The lowest BCUT2D eigenvalue weighted by Crippen LogP contribution is -2.42. The van der Waals surface area contributed by atoms with E-state index in [2.05, 4.69) is 10.3 Å². The van der Waals surface area contributed by atoms with Crippen LogP contribution in [0.1, 0.15) is 19.8 Å². The Balaban J connectivity index is 1.89. The van der Waals surface area contributed by atoms with Gasteiger partial charge in [-0.25, -0.2) is 17.7 Å². The van der Waals surface area contributed by atoms with Crippen molar-refractivity contribution >= 4 is 21.6 Å². The van der Waals surface area contributed by atoms with E-state index in [1.807, 2.05) is 0 Å². The van der Waals surface area contributed by atoms with Crippen LogP contribution in [0.2, 0.25) is 0 Å². The van der Waals surface area contributed by atoms with Crippen LogP contribution in [0.25, 0.3) is 0 Å². The quantitative estimate of drug-likeness (QED) is 0.874. The molecule has 2 rings (SSSR count). The Morgan fingerprint density at radius 2 is 2.09 bits per heavy atom. The van der Waals surface area contributed by atoms with Crippen molar-refractivity contribution in [1.82, 2.24) is 9.29 Å². The number of aromatic nitrogens is 1. The highest BCUT2D eigenvalue weighted by molar-refractivity contribution is 7.89. The van der Waals surface area contributed by atoms with Crippen molar-refractivity contribution in [3.8, 4) is 5.88 Å². The highest BCUT2D eigenvalue weighted by Crippen LogP contribution is 2.21. The molecule has 7 nitrogen and oxygen atoms in total. The molecule has 0 spiro atoms. The number of piperidine rings is 1. The molecule has 0 saturated carbocycles. The molecule has 0 aliphatic carbocycles. The molecule has 0 unspecified atom stereocenters. The van der Waals surface area contributed by atoms with Crippen molar-refractivity contribution in [2.45, 2.75) is 19.8 Å². The molecule has 8 heteroatoms. The average molecular weight is 327 g/mol. The Kier molecular flexibility index (Phi) is 5.36. The highest BCUT2D eigenvalue weighted by atomic mass is 32.2. The number of pyridine rings is 1. The Morgan fingerprint density at radius 1 is 1.41 bits per heavy atom. The molecule has 1 amide bonds. The summed E-state index contributed by atoms with van der Waals surface area (Å²) in [6.07, 6.45) is 2.61. The first-order chi connectivity index (χ1) is 10.5. The normalized spacial score (nSPS) is 17.2. The molecule has 122 valence electrons. The first-order valence-electron chi connectivity index (χ1n) is 7.25. The maximum absolute atomic E-state index is 12.2. The van der Waals surface area contributed by atoms with Crippen LogP contribution in [0.4, 0.5) is 5.69 Å². The zero-order valence-electron chi connectivity index (χ0n) is 12.8. The van der Waals surface area contributed by atoms with Crippen LogP contribution < -0.4 is 10.1 Å². The molecule has 1 aliphatic rings. The van der Waals surface area contributed by atoms with Crippen LogP contribution in [-0.2, 0) is 14.8 Å². The number of nitrogens with one attached hydrogen (secondary N) is 1. The fourth-order valence-corrected chi connectivity index (χ4v) is 3.53. The van der Waals surface area contributed by atoms with Crippen molar-refractivity contribution in [3.05, 3.63) is 18.3 Å². The van der Waals surface area contributed by atoms with Crippen molar-refractivity contribution in [2.75, 3.05) is 31.3 Å². The molecule has 2 heterocycles. The summed E-state index contributed by atoms with van der Waals surface area (Å²) in [6, 6.07) is 3.40. The number of hydrogen-bond acceptors (Lipinski definition) is 5. The summed E-state index contributed by atoms with van der Waals surface area (Å²) < 4.78 is 30.0. The van der Waals surface area contributed by atoms with E-state index >= 15 is 0 Å². The van der Waals surface area contributed by atoms with Crippen LogP contribution in [0, 0.1) is 5.92 Å². The van der Waals surface area contributed by atoms with Crippen molar-refractivity contribution in [2.24, 2.45) is 5.92 Å². The number of sulfonamides is 1. The van der Waals surface area contributed by atoms with E-state index in [1.165, 1.54) is 17.6 Å². The monoisotopic (exact) mass is 327 g/mol. The van der Waals surface area contributed by atoms with E-state index in [4.69, 9.17) is 4.74 Å². The van der Waals surface area contributed by atoms with Crippen LogP contribution >= 0.6 is 0 Å². The lowest BCUT2D eigenvalue weighted by molar-refractivity contribution is -0.120. The van der Waals surface area contributed by atoms with Crippen LogP contribution in [0.15, 0.2) is 18.3 Å². The number of anilines is 1. The van der Waals surface area contributed by atoms with Crippen LogP contribution in [-0.4, -0.2) is 49.6 Å². The molecule has 1 N–H and O–H groups in total. The van der Waals surface area contributed by atoms with Gasteiger partial charge in [-0.3, -0.25) is 4.79 Å². The number of ether oxygens (including phenoxy) is 1. The zero-order valence-corrected chi connectivity index (χ0v) is 13.6. The maximum atomic E-state index is 12.2. The minimum Gasteiger partial charge on any atom is -0.481 e. The number of hydrogen-bond donors (Lipinski definition) is 1. The summed E-state index contributed by atoms with van der Waals surface area (Å²) in [4.78, 5) is 16.2. The third-order valence-corrected chi connectivity index (χ3v) is 5.68. The summed E-state index contributed by atoms with van der Waals surface area (Å²) in [7, 11) is -1.63. The topological polar surface area (TPSA) is 88.6 Å². The van der Waals surface area contributed by atoms with Crippen LogP contribution in [0.5, 0.6) is 5.88 Å². The van der Waals surface area contributed by atoms with Gasteiger partial charge in [0, 0.05) is 25.1 Å². The molecule has 1 fully saturated rings. The van der Waals surface area contributed by atoms with Gasteiger partial charge in [-0.1, -0.05) is 0 Å². The Morgan fingerprint density at radius 3 is 2.59 bits per heavy atom. The molecular formula is C14H21N3O4S. The lowest BCUT2D eigenvalue weighted by Gasteiger charge is -2.30. The van der Waals surface area contributed by atoms with E-state index in [0.717, 1.165) is 0 Å². The van der Waals surface area contributed by atoms with Gasteiger partial charge in [-0.05, 0) is 25.8 Å². The zero-order chi connectivity index (χ0) is 16.2. The van der Waals surface area contributed by atoms with E-state index in [-0.39, 0.29) is 17.6 Å². The van der Waals surface area contributed by atoms with E-state index in [1.54, 1.807) is 19.1 Å². The smallest absolute Gasteiger partial charge is 0.227 e. The number of rotatable bonds is 5. The van der Waals surface area contributed by atoms with Gasteiger partial charge >= 0.3 is 0 Å². The van der Waals surface area contributed by atoms with Gasteiger partial charge in [-0.15, -0.1) is 0 Å². The number of amides is 1. The number of nitrogens with zero attached hydrogens (tertiary/aromatic N) is 2. The average Bonchev–Trinajstić information content (AvgIpc) is 2.55. The van der Waals surface area contributed by atoms with Gasteiger partial charge < -0.3 is 10.1 Å². The van der Waals surface area contributed by atoms with Crippen molar-refractivity contribution in [3.63, 3.8) is 0 Å². The summed E-state index contributed by atoms with van der Waals surface area (Å²) in [5, 5.41) is 2.81. The maximum Gasteiger partial charge on any atom is 0.227 e. The molecule has 22 heavy (non-hydrogen) atoms. The van der Waals surface area contributed by atoms with Crippen molar-refractivity contribution in [1.29, 1.82) is 0 Å². The second-order valence-electron chi connectivity index (χ2n) is 5.15. The number of methoxy groups -OCH3 is 1. The van der Waals surface area contributed by atoms with Gasteiger partial charge in [0.1, 0.15) is 0 Å². The second kappa shape index (κ2) is 7.06. The Hall–Kier alpha value is -1.67. The molecular weight excluding hydrogens is 306 g/mol. The van der Waals surface area contributed by atoms with Gasteiger partial charge in [0.25, 0.3) is 0 Å². The molecule has 1 saturated heterocycles.